The van der Waals surface area contributed by atoms with Gasteiger partial charge in [0.05, 0.1) is 14.2 Å². The van der Waals surface area contributed by atoms with Crippen molar-refractivity contribution in [3.8, 4) is 11.5 Å². The minimum atomic E-state index is 0.690. The topological polar surface area (TPSA) is 35.1 Å². The van der Waals surface area contributed by atoms with Gasteiger partial charge in [-0.1, -0.05) is 18.2 Å². The van der Waals surface area contributed by atoms with Crippen molar-refractivity contribution in [3.63, 3.8) is 0 Å². The molecule has 3 heteroatoms. The van der Waals surface area contributed by atoms with Crippen LogP contribution in [0.15, 0.2) is 24.3 Å². The van der Waals surface area contributed by atoms with Crippen LogP contribution in [0.4, 0.5) is 0 Å². The molecule has 1 aromatic carbocycles. The molecule has 16 heavy (non-hydrogen) atoms. The van der Waals surface area contributed by atoms with Crippen molar-refractivity contribution in [2.45, 2.75) is 6.92 Å². The van der Waals surface area contributed by atoms with Crippen molar-refractivity contribution in [2.24, 2.45) is 0 Å². The van der Waals surface area contributed by atoms with Crippen LogP contribution in [0, 0.1) is 0 Å². The van der Waals surface area contributed by atoms with Gasteiger partial charge < -0.3 is 14.8 Å². The fourth-order valence-corrected chi connectivity index (χ4v) is 1.39. The van der Waals surface area contributed by atoms with E-state index >= 15 is 0 Å². The van der Waals surface area contributed by atoms with E-state index in [1.807, 2.05) is 44.3 Å². The van der Waals surface area contributed by atoms with Gasteiger partial charge in [0.1, 0.15) is 13.2 Å². The second-order valence-electron chi connectivity index (χ2n) is 3.46. The summed E-state index contributed by atoms with van der Waals surface area (Å²) in [6.45, 7) is 3.63. The minimum absolute atomic E-state index is 0.690. The Balaban J connectivity index is 2.76. The first-order valence-electron chi connectivity index (χ1n) is 5.53. The number of methoxy groups -OCH3 is 1. The normalized spacial score (nSPS) is 10.7. The Labute approximate surface area is 97.1 Å². The molecule has 1 rings (SSSR count). The summed E-state index contributed by atoms with van der Waals surface area (Å²) in [6.07, 6.45) is 4.04. The van der Waals surface area contributed by atoms with Crippen LogP contribution < -0.4 is 14.8 Å². The molecule has 0 heterocycles. The SMILES string of the molecule is C/C=C/c1ccc(OCC[NH2+]C)c(OC)c1. The van der Waals surface area contributed by atoms with E-state index in [1.165, 1.54) is 0 Å². The van der Waals surface area contributed by atoms with E-state index in [2.05, 4.69) is 5.32 Å². The average Bonchev–Trinajstić information content (AvgIpc) is 2.31. The Kier molecular flexibility index (Phi) is 5.43. The van der Waals surface area contributed by atoms with Crippen molar-refractivity contribution in [1.29, 1.82) is 0 Å². The van der Waals surface area contributed by atoms with E-state index in [0.29, 0.717) is 6.61 Å². The molecule has 0 fully saturated rings. The zero-order valence-corrected chi connectivity index (χ0v) is 10.2. The third kappa shape index (κ3) is 3.59. The molecule has 0 amide bonds. The number of hydrogen-bond donors (Lipinski definition) is 1. The molecule has 0 spiro atoms. The fraction of sp³-hybridized carbons (Fsp3) is 0.385. The van der Waals surface area contributed by atoms with Gasteiger partial charge in [0.2, 0.25) is 0 Å². The maximum atomic E-state index is 5.62. The molecule has 2 N–H and O–H groups in total. The number of ether oxygens (including phenoxy) is 2. The zero-order chi connectivity index (χ0) is 11.8. The molecular weight excluding hydrogens is 202 g/mol. The summed E-state index contributed by atoms with van der Waals surface area (Å²) in [4.78, 5) is 0. The number of allylic oxidation sites excluding steroid dienone is 1. The largest absolute Gasteiger partial charge is 0.493 e. The van der Waals surface area contributed by atoms with Crippen LogP contribution in [0.5, 0.6) is 11.5 Å². The summed E-state index contributed by atoms with van der Waals surface area (Å²) >= 11 is 0. The van der Waals surface area contributed by atoms with Gasteiger partial charge in [-0.05, 0) is 24.6 Å². The first kappa shape index (κ1) is 12.6. The van der Waals surface area contributed by atoms with Crippen molar-refractivity contribution in [1.82, 2.24) is 0 Å². The lowest BCUT2D eigenvalue weighted by Gasteiger charge is -2.10. The molecule has 0 unspecified atom stereocenters. The van der Waals surface area contributed by atoms with Crippen LogP contribution >= 0.6 is 0 Å². The van der Waals surface area contributed by atoms with Crippen molar-refractivity contribution < 1.29 is 14.8 Å². The summed E-state index contributed by atoms with van der Waals surface area (Å²) in [5.74, 6) is 1.59. The second-order valence-corrected chi connectivity index (χ2v) is 3.46. The highest BCUT2D eigenvalue weighted by Gasteiger charge is 2.04. The first-order valence-corrected chi connectivity index (χ1v) is 5.53. The molecule has 1 aromatic rings. The molecule has 0 saturated heterocycles. The number of quaternary nitrogens is 1. The number of hydrogen-bond acceptors (Lipinski definition) is 2. The molecule has 88 valence electrons. The predicted octanol–water partition coefficient (Wildman–Crippen LogP) is 1.30. The molecule has 0 atom stereocenters. The Morgan fingerprint density at radius 1 is 1.31 bits per heavy atom. The van der Waals surface area contributed by atoms with Gasteiger partial charge in [-0.15, -0.1) is 0 Å². The summed E-state index contributed by atoms with van der Waals surface area (Å²) in [6, 6.07) is 5.95. The standard InChI is InChI=1S/C13H19NO2/c1-4-5-11-6-7-12(13(10-11)15-3)16-9-8-14-2/h4-7,10,14H,8-9H2,1-3H3/p+1/b5-4+. The van der Waals surface area contributed by atoms with E-state index in [-0.39, 0.29) is 0 Å². The van der Waals surface area contributed by atoms with Crippen LogP contribution in [0.1, 0.15) is 12.5 Å². The number of nitrogens with two attached hydrogens (primary N) is 1. The highest BCUT2D eigenvalue weighted by Crippen LogP contribution is 2.28. The van der Waals surface area contributed by atoms with Gasteiger partial charge in [-0.3, -0.25) is 0 Å². The summed E-state index contributed by atoms with van der Waals surface area (Å²) in [7, 11) is 3.68. The maximum absolute atomic E-state index is 5.62. The summed E-state index contributed by atoms with van der Waals surface area (Å²) < 4.78 is 10.9. The third-order valence-electron chi connectivity index (χ3n) is 2.21. The molecular formula is C13H20NO2+. The smallest absolute Gasteiger partial charge is 0.161 e. The Morgan fingerprint density at radius 2 is 2.12 bits per heavy atom. The lowest BCUT2D eigenvalue weighted by molar-refractivity contribution is -0.627. The highest BCUT2D eigenvalue weighted by molar-refractivity contribution is 5.55. The molecule has 0 aliphatic carbocycles. The van der Waals surface area contributed by atoms with Crippen molar-refractivity contribution in [3.05, 3.63) is 29.8 Å². The van der Waals surface area contributed by atoms with Gasteiger partial charge in [-0.25, -0.2) is 0 Å². The van der Waals surface area contributed by atoms with Gasteiger partial charge in [0.15, 0.2) is 11.5 Å². The minimum Gasteiger partial charge on any atom is -0.493 e. The average molecular weight is 222 g/mol. The maximum Gasteiger partial charge on any atom is 0.161 e. The van der Waals surface area contributed by atoms with E-state index in [4.69, 9.17) is 9.47 Å². The van der Waals surface area contributed by atoms with E-state index in [9.17, 15) is 0 Å². The Hall–Kier alpha value is -1.48. The Morgan fingerprint density at radius 3 is 2.75 bits per heavy atom. The molecule has 0 saturated carbocycles. The molecule has 0 radical (unpaired) electrons. The molecule has 0 bridgehead atoms. The van der Waals surface area contributed by atoms with Crippen LogP contribution in [-0.2, 0) is 0 Å². The molecule has 3 nitrogen and oxygen atoms in total. The van der Waals surface area contributed by atoms with Gasteiger partial charge in [0.25, 0.3) is 0 Å². The highest BCUT2D eigenvalue weighted by atomic mass is 16.5. The fourth-order valence-electron chi connectivity index (χ4n) is 1.39. The lowest BCUT2D eigenvalue weighted by atomic mass is 10.2. The summed E-state index contributed by atoms with van der Waals surface area (Å²) in [5, 5.41) is 2.08. The van der Waals surface area contributed by atoms with Crippen LogP contribution in [0.25, 0.3) is 6.08 Å². The third-order valence-corrected chi connectivity index (χ3v) is 2.21. The van der Waals surface area contributed by atoms with Crippen molar-refractivity contribution >= 4 is 6.08 Å². The van der Waals surface area contributed by atoms with E-state index in [1.54, 1.807) is 7.11 Å². The Bertz CT molecular complexity index is 348. The number of likely N-dealkylation sites (N-methyl/N-ethyl adjacent to an activating group) is 1. The van der Waals surface area contributed by atoms with Crippen LogP contribution in [-0.4, -0.2) is 27.3 Å². The predicted molar refractivity (Wildman–Crippen MR) is 65.9 cm³/mol. The van der Waals surface area contributed by atoms with E-state index < -0.39 is 0 Å². The van der Waals surface area contributed by atoms with Gasteiger partial charge in [0, 0.05) is 0 Å². The van der Waals surface area contributed by atoms with Gasteiger partial charge >= 0.3 is 0 Å². The molecule has 0 aliphatic rings. The van der Waals surface area contributed by atoms with Crippen LogP contribution in [0.3, 0.4) is 0 Å². The quantitative estimate of drug-likeness (QED) is 0.736. The first-order chi connectivity index (χ1) is 7.81. The van der Waals surface area contributed by atoms with E-state index in [0.717, 1.165) is 23.6 Å². The van der Waals surface area contributed by atoms with Crippen molar-refractivity contribution in [2.75, 3.05) is 27.3 Å². The zero-order valence-electron chi connectivity index (χ0n) is 10.2. The monoisotopic (exact) mass is 222 g/mol. The lowest BCUT2D eigenvalue weighted by Crippen LogP contribution is -2.80. The molecule has 0 aromatic heterocycles. The number of rotatable bonds is 6. The summed E-state index contributed by atoms with van der Waals surface area (Å²) in [5.41, 5.74) is 1.12. The number of benzene rings is 1. The second kappa shape index (κ2) is 6.90. The van der Waals surface area contributed by atoms with Crippen LogP contribution in [0.2, 0.25) is 0 Å². The van der Waals surface area contributed by atoms with Gasteiger partial charge in [-0.2, -0.15) is 0 Å². The molecule has 0 aliphatic heterocycles.